The quantitative estimate of drug-likeness (QED) is 0.688. The van der Waals surface area contributed by atoms with Crippen molar-refractivity contribution in [3.63, 3.8) is 0 Å². The third-order valence-electron chi connectivity index (χ3n) is 2.64. The summed E-state index contributed by atoms with van der Waals surface area (Å²) in [5.74, 6) is -0.587. The summed E-state index contributed by atoms with van der Waals surface area (Å²) in [6.07, 6.45) is 0.866. The second-order valence-corrected chi connectivity index (χ2v) is 4.23. The van der Waals surface area contributed by atoms with Gasteiger partial charge in [-0.2, -0.15) is 0 Å². The number of amides is 1. The first-order valence-corrected chi connectivity index (χ1v) is 6.16. The predicted octanol–water partition coefficient (Wildman–Crippen LogP) is 1.74. The number of halogens is 1. The van der Waals surface area contributed by atoms with Crippen LogP contribution in [0, 0.1) is 5.82 Å². The molecule has 0 heterocycles. The van der Waals surface area contributed by atoms with Gasteiger partial charge < -0.3 is 21.1 Å². The number of nitrogens with one attached hydrogen (secondary N) is 2. The molecule has 6 heteroatoms. The zero-order valence-corrected chi connectivity index (χ0v) is 11.4. The number of hydrogen-bond donors (Lipinski definition) is 3. The van der Waals surface area contributed by atoms with Crippen molar-refractivity contribution in [1.82, 2.24) is 5.32 Å². The minimum absolute atomic E-state index is 0.0814. The maximum atomic E-state index is 13.4. The fourth-order valence-corrected chi connectivity index (χ4v) is 1.55. The highest BCUT2D eigenvalue weighted by atomic mass is 19.1. The lowest BCUT2D eigenvalue weighted by Gasteiger charge is -2.17. The van der Waals surface area contributed by atoms with Crippen molar-refractivity contribution in [3.8, 4) is 5.75 Å². The van der Waals surface area contributed by atoms with E-state index in [1.165, 1.54) is 13.2 Å². The summed E-state index contributed by atoms with van der Waals surface area (Å²) in [5.41, 5.74) is 6.40. The SMILES string of the molecule is CCCNC(=O)C(C)Nc1cc(OC)c(F)cc1N. The molecule has 0 radical (unpaired) electrons. The molecule has 0 aromatic heterocycles. The van der Waals surface area contributed by atoms with E-state index >= 15 is 0 Å². The van der Waals surface area contributed by atoms with E-state index < -0.39 is 11.9 Å². The monoisotopic (exact) mass is 269 g/mol. The molecule has 5 nitrogen and oxygen atoms in total. The lowest BCUT2D eigenvalue weighted by atomic mass is 10.2. The summed E-state index contributed by atoms with van der Waals surface area (Å²) < 4.78 is 18.3. The summed E-state index contributed by atoms with van der Waals surface area (Å²) in [7, 11) is 1.37. The Labute approximate surface area is 112 Å². The first kappa shape index (κ1) is 15.1. The summed E-state index contributed by atoms with van der Waals surface area (Å²) >= 11 is 0. The largest absolute Gasteiger partial charge is 0.494 e. The Bertz CT molecular complexity index is 452. The molecule has 0 spiro atoms. The van der Waals surface area contributed by atoms with E-state index in [1.807, 2.05) is 6.92 Å². The average Bonchev–Trinajstić information content (AvgIpc) is 2.38. The Morgan fingerprint density at radius 1 is 1.53 bits per heavy atom. The van der Waals surface area contributed by atoms with Gasteiger partial charge in [-0.25, -0.2) is 4.39 Å². The van der Waals surface area contributed by atoms with Crippen LogP contribution in [-0.4, -0.2) is 25.6 Å². The van der Waals surface area contributed by atoms with Crippen molar-refractivity contribution in [2.24, 2.45) is 0 Å². The molecule has 1 rings (SSSR count). The molecular weight excluding hydrogens is 249 g/mol. The number of methoxy groups -OCH3 is 1. The number of carbonyl (C=O) groups is 1. The smallest absolute Gasteiger partial charge is 0.242 e. The third kappa shape index (κ3) is 4.01. The van der Waals surface area contributed by atoms with Gasteiger partial charge in [-0.3, -0.25) is 4.79 Å². The lowest BCUT2D eigenvalue weighted by molar-refractivity contribution is -0.121. The molecule has 0 fully saturated rings. The molecule has 1 aromatic carbocycles. The standard InChI is InChI=1S/C13H20FN3O2/c1-4-5-16-13(18)8(2)17-11-7-12(19-3)9(14)6-10(11)15/h6-8,17H,4-5,15H2,1-3H3,(H,16,18). The van der Waals surface area contributed by atoms with Crippen molar-refractivity contribution in [3.05, 3.63) is 17.9 Å². The molecule has 0 aliphatic carbocycles. The highest BCUT2D eigenvalue weighted by molar-refractivity contribution is 5.85. The van der Waals surface area contributed by atoms with E-state index in [4.69, 9.17) is 10.5 Å². The number of rotatable bonds is 6. The molecule has 0 bridgehead atoms. The maximum Gasteiger partial charge on any atom is 0.242 e. The zero-order chi connectivity index (χ0) is 14.4. The fourth-order valence-electron chi connectivity index (χ4n) is 1.55. The van der Waals surface area contributed by atoms with Crippen LogP contribution in [0.3, 0.4) is 0 Å². The summed E-state index contributed by atoms with van der Waals surface area (Å²) in [6, 6.07) is 2.13. The third-order valence-corrected chi connectivity index (χ3v) is 2.64. The predicted molar refractivity (Wildman–Crippen MR) is 73.7 cm³/mol. The van der Waals surface area contributed by atoms with Crippen molar-refractivity contribution in [2.45, 2.75) is 26.3 Å². The zero-order valence-electron chi connectivity index (χ0n) is 11.4. The molecule has 0 saturated carbocycles. The number of carbonyl (C=O) groups excluding carboxylic acids is 1. The van der Waals surface area contributed by atoms with Gasteiger partial charge in [-0.1, -0.05) is 6.92 Å². The van der Waals surface area contributed by atoms with E-state index in [-0.39, 0.29) is 17.3 Å². The number of anilines is 2. The van der Waals surface area contributed by atoms with Crippen molar-refractivity contribution in [1.29, 1.82) is 0 Å². The van der Waals surface area contributed by atoms with Crippen LogP contribution in [0.2, 0.25) is 0 Å². The molecule has 0 saturated heterocycles. The van der Waals surface area contributed by atoms with Crippen molar-refractivity contribution in [2.75, 3.05) is 24.7 Å². The minimum atomic E-state index is -0.534. The average molecular weight is 269 g/mol. The Kier molecular flexibility index (Phi) is 5.41. The fraction of sp³-hybridized carbons (Fsp3) is 0.462. The van der Waals surface area contributed by atoms with Crippen LogP contribution < -0.4 is 21.1 Å². The highest BCUT2D eigenvalue weighted by Crippen LogP contribution is 2.28. The van der Waals surface area contributed by atoms with Gasteiger partial charge in [0, 0.05) is 18.7 Å². The van der Waals surface area contributed by atoms with Crippen LogP contribution in [0.4, 0.5) is 15.8 Å². The van der Waals surface area contributed by atoms with Crippen LogP contribution in [0.15, 0.2) is 12.1 Å². The minimum Gasteiger partial charge on any atom is -0.494 e. The Morgan fingerprint density at radius 2 is 2.21 bits per heavy atom. The van der Waals surface area contributed by atoms with Crippen LogP contribution in [0.25, 0.3) is 0 Å². The van der Waals surface area contributed by atoms with E-state index in [0.717, 1.165) is 12.5 Å². The molecule has 0 aliphatic rings. The molecule has 1 atom stereocenters. The molecule has 4 N–H and O–H groups in total. The van der Waals surface area contributed by atoms with E-state index in [0.29, 0.717) is 12.2 Å². The second kappa shape index (κ2) is 6.82. The van der Waals surface area contributed by atoms with Crippen LogP contribution in [-0.2, 0) is 4.79 Å². The molecule has 1 unspecified atom stereocenters. The first-order valence-electron chi connectivity index (χ1n) is 6.16. The summed E-state index contributed by atoms with van der Waals surface area (Å²) in [5, 5.41) is 5.70. The number of nitrogen functional groups attached to an aromatic ring is 1. The van der Waals surface area contributed by atoms with Gasteiger partial charge >= 0.3 is 0 Å². The topological polar surface area (TPSA) is 76.4 Å². The molecule has 1 amide bonds. The van der Waals surface area contributed by atoms with Crippen LogP contribution >= 0.6 is 0 Å². The number of hydrogen-bond acceptors (Lipinski definition) is 4. The normalized spacial score (nSPS) is 11.8. The maximum absolute atomic E-state index is 13.4. The van der Waals surface area contributed by atoms with Gasteiger partial charge in [-0.15, -0.1) is 0 Å². The van der Waals surface area contributed by atoms with Crippen molar-refractivity contribution >= 4 is 17.3 Å². The highest BCUT2D eigenvalue weighted by Gasteiger charge is 2.15. The lowest BCUT2D eigenvalue weighted by Crippen LogP contribution is -2.38. The number of benzene rings is 1. The van der Waals surface area contributed by atoms with Gasteiger partial charge in [0.05, 0.1) is 18.5 Å². The Balaban J connectivity index is 2.78. The number of ether oxygens (including phenoxy) is 1. The van der Waals surface area contributed by atoms with E-state index in [2.05, 4.69) is 10.6 Å². The molecule has 19 heavy (non-hydrogen) atoms. The first-order chi connectivity index (χ1) is 8.99. The van der Waals surface area contributed by atoms with Crippen molar-refractivity contribution < 1.29 is 13.9 Å². The molecule has 106 valence electrons. The molecule has 0 aliphatic heterocycles. The van der Waals surface area contributed by atoms with Gasteiger partial charge in [0.15, 0.2) is 11.6 Å². The van der Waals surface area contributed by atoms with Crippen LogP contribution in [0.5, 0.6) is 5.75 Å². The van der Waals surface area contributed by atoms with Gasteiger partial charge in [0.2, 0.25) is 5.91 Å². The van der Waals surface area contributed by atoms with E-state index in [1.54, 1.807) is 6.92 Å². The second-order valence-electron chi connectivity index (χ2n) is 4.23. The van der Waals surface area contributed by atoms with Gasteiger partial charge in [0.25, 0.3) is 0 Å². The molecule has 1 aromatic rings. The summed E-state index contributed by atoms with van der Waals surface area (Å²) in [4.78, 5) is 11.7. The van der Waals surface area contributed by atoms with Crippen LogP contribution in [0.1, 0.15) is 20.3 Å². The number of nitrogens with two attached hydrogens (primary N) is 1. The van der Waals surface area contributed by atoms with Gasteiger partial charge in [-0.05, 0) is 13.3 Å². The summed E-state index contributed by atoms with van der Waals surface area (Å²) in [6.45, 7) is 4.30. The Morgan fingerprint density at radius 3 is 2.79 bits per heavy atom. The van der Waals surface area contributed by atoms with Gasteiger partial charge in [0.1, 0.15) is 6.04 Å². The van der Waals surface area contributed by atoms with E-state index in [9.17, 15) is 9.18 Å². The Hall–Kier alpha value is -1.98. The molecular formula is C13H20FN3O2.